The monoisotopic (exact) mass is 197 g/mol. The summed E-state index contributed by atoms with van der Waals surface area (Å²) < 4.78 is 5.58. The molecule has 0 bridgehead atoms. The molecule has 0 spiro atoms. The first kappa shape index (κ1) is 11.2. The van der Waals surface area contributed by atoms with Crippen LogP contribution in [0, 0.1) is 13.8 Å². The van der Waals surface area contributed by atoms with E-state index in [0.717, 1.165) is 23.8 Å². The molecule has 80 valence electrons. The van der Waals surface area contributed by atoms with Crippen LogP contribution in [-0.4, -0.2) is 30.5 Å². The Morgan fingerprint density at radius 1 is 1.43 bits per heavy atom. The van der Waals surface area contributed by atoms with Gasteiger partial charge >= 0.3 is 0 Å². The molecule has 0 fully saturated rings. The largest absolute Gasteiger partial charge is 0.444 e. The SMILES string of the molecule is Cc1nc(C)c(C(CCN)N(C)C)o1. The van der Waals surface area contributed by atoms with E-state index in [0.29, 0.717) is 6.54 Å². The maximum Gasteiger partial charge on any atom is 0.191 e. The number of aryl methyl sites for hydroxylation is 2. The third-order valence-electron chi connectivity index (χ3n) is 2.31. The Labute approximate surface area is 85.1 Å². The number of hydrogen-bond acceptors (Lipinski definition) is 4. The van der Waals surface area contributed by atoms with Crippen LogP contribution in [0.2, 0.25) is 0 Å². The van der Waals surface area contributed by atoms with E-state index in [9.17, 15) is 0 Å². The van der Waals surface area contributed by atoms with Crippen molar-refractivity contribution in [2.75, 3.05) is 20.6 Å². The number of hydrogen-bond donors (Lipinski definition) is 1. The average Bonchev–Trinajstić information content (AvgIpc) is 2.40. The fourth-order valence-corrected chi connectivity index (χ4v) is 1.64. The van der Waals surface area contributed by atoms with Gasteiger partial charge in [0.15, 0.2) is 5.89 Å². The van der Waals surface area contributed by atoms with Gasteiger partial charge in [-0.2, -0.15) is 0 Å². The highest BCUT2D eigenvalue weighted by Gasteiger charge is 2.20. The van der Waals surface area contributed by atoms with Crippen LogP contribution in [0.3, 0.4) is 0 Å². The van der Waals surface area contributed by atoms with E-state index >= 15 is 0 Å². The highest BCUT2D eigenvalue weighted by atomic mass is 16.4. The Balaban J connectivity index is 2.92. The van der Waals surface area contributed by atoms with Gasteiger partial charge in [0, 0.05) is 6.92 Å². The van der Waals surface area contributed by atoms with Crippen molar-refractivity contribution in [2.24, 2.45) is 5.73 Å². The molecule has 0 radical (unpaired) electrons. The second-order valence-corrected chi connectivity index (χ2v) is 3.74. The smallest absolute Gasteiger partial charge is 0.191 e. The molecular formula is C10H19N3O. The van der Waals surface area contributed by atoms with Crippen LogP contribution in [0.15, 0.2) is 4.42 Å². The molecule has 4 heteroatoms. The summed E-state index contributed by atoms with van der Waals surface area (Å²) in [6.07, 6.45) is 0.891. The zero-order valence-corrected chi connectivity index (χ0v) is 9.37. The van der Waals surface area contributed by atoms with Crippen molar-refractivity contribution in [3.8, 4) is 0 Å². The molecule has 1 aromatic heterocycles. The second kappa shape index (κ2) is 4.57. The highest BCUT2D eigenvalue weighted by Crippen LogP contribution is 2.25. The molecule has 1 unspecified atom stereocenters. The molecule has 2 N–H and O–H groups in total. The van der Waals surface area contributed by atoms with Gasteiger partial charge in [0.05, 0.1) is 11.7 Å². The molecule has 0 saturated carbocycles. The van der Waals surface area contributed by atoms with E-state index in [-0.39, 0.29) is 6.04 Å². The van der Waals surface area contributed by atoms with Gasteiger partial charge in [-0.15, -0.1) is 0 Å². The lowest BCUT2D eigenvalue weighted by Gasteiger charge is -2.21. The van der Waals surface area contributed by atoms with Crippen LogP contribution in [-0.2, 0) is 0 Å². The van der Waals surface area contributed by atoms with Gasteiger partial charge in [-0.25, -0.2) is 4.98 Å². The summed E-state index contributed by atoms with van der Waals surface area (Å²) in [6, 6.07) is 0.237. The van der Waals surface area contributed by atoms with Crippen molar-refractivity contribution >= 4 is 0 Å². The first-order valence-electron chi connectivity index (χ1n) is 4.86. The first-order chi connectivity index (χ1) is 6.56. The molecule has 0 amide bonds. The van der Waals surface area contributed by atoms with Gasteiger partial charge in [-0.1, -0.05) is 0 Å². The van der Waals surface area contributed by atoms with Gasteiger partial charge in [0.2, 0.25) is 0 Å². The number of nitrogens with two attached hydrogens (primary N) is 1. The number of aromatic nitrogens is 1. The molecule has 14 heavy (non-hydrogen) atoms. The molecule has 1 heterocycles. The van der Waals surface area contributed by atoms with E-state index in [1.165, 1.54) is 0 Å². The predicted octanol–water partition coefficient (Wildman–Crippen LogP) is 1.24. The number of nitrogens with zero attached hydrogens (tertiary/aromatic N) is 2. The molecule has 0 aromatic carbocycles. The lowest BCUT2D eigenvalue weighted by Crippen LogP contribution is -2.23. The molecular weight excluding hydrogens is 178 g/mol. The van der Waals surface area contributed by atoms with Crippen molar-refractivity contribution in [2.45, 2.75) is 26.3 Å². The molecule has 4 nitrogen and oxygen atoms in total. The Bertz CT molecular complexity index is 294. The average molecular weight is 197 g/mol. The van der Waals surface area contributed by atoms with Crippen molar-refractivity contribution in [3.05, 3.63) is 17.3 Å². The van der Waals surface area contributed by atoms with Crippen LogP contribution in [0.4, 0.5) is 0 Å². The fraction of sp³-hybridized carbons (Fsp3) is 0.700. The molecule has 0 aliphatic heterocycles. The maximum atomic E-state index is 5.58. The minimum absolute atomic E-state index is 0.237. The minimum Gasteiger partial charge on any atom is -0.444 e. The number of oxazole rings is 1. The molecule has 1 rings (SSSR count). The molecule has 1 aromatic rings. The summed E-state index contributed by atoms with van der Waals surface area (Å²) in [7, 11) is 4.05. The minimum atomic E-state index is 0.237. The van der Waals surface area contributed by atoms with Gasteiger partial charge in [0.25, 0.3) is 0 Å². The predicted molar refractivity (Wildman–Crippen MR) is 56.1 cm³/mol. The summed E-state index contributed by atoms with van der Waals surface area (Å²) in [5.74, 6) is 1.67. The molecule has 1 atom stereocenters. The van der Waals surface area contributed by atoms with Gasteiger partial charge in [-0.05, 0) is 34.0 Å². The quantitative estimate of drug-likeness (QED) is 0.789. The standard InChI is InChI=1S/C10H19N3O/c1-7-10(14-8(2)12-7)9(5-6-11)13(3)4/h9H,5-6,11H2,1-4H3. The van der Waals surface area contributed by atoms with Gasteiger partial charge in [-0.3, -0.25) is 4.90 Å². The zero-order chi connectivity index (χ0) is 10.7. The van der Waals surface area contributed by atoms with Gasteiger partial charge < -0.3 is 10.2 Å². The number of rotatable bonds is 4. The second-order valence-electron chi connectivity index (χ2n) is 3.74. The molecule has 0 aliphatic carbocycles. The summed E-state index contributed by atoms with van der Waals surface area (Å²) in [5.41, 5.74) is 6.54. The van der Waals surface area contributed by atoms with Crippen LogP contribution >= 0.6 is 0 Å². The Morgan fingerprint density at radius 2 is 2.07 bits per heavy atom. The van der Waals surface area contributed by atoms with E-state index in [1.807, 2.05) is 27.9 Å². The van der Waals surface area contributed by atoms with E-state index < -0.39 is 0 Å². The van der Waals surface area contributed by atoms with Crippen molar-refractivity contribution < 1.29 is 4.42 Å². The first-order valence-corrected chi connectivity index (χ1v) is 4.86. The normalized spacial score (nSPS) is 13.6. The van der Waals surface area contributed by atoms with Gasteiger partial charge in [0.1, 0.15) is 5.76 Å². The third-order valence-corrected chi connectivity index (χ3v) is 2.31. The Hall–Kier alpha value is -0.870. The van der Waals surface area contributed by atoms with E-state index in [4.69, 9.17) is 10.2 Å². The summed E-state index contributed by atoms with van der Waals surface area (Å²) in [6.45, 7) is 4.49. The zero-order valence-electron chi connectivity index (χ0n) is 9.37. The lowest BCUT2D eigenvalue weighted by atomic mass is 10.1. The summed E-state index contributed by atoms with van der Waals surface area (Å²) >= 11 is 0. The Morgan fingerprint density at radius 3 is 2.43 bits per heavy atom. The highest BCUT2D eigenvalue weighted by molar-refractivity contribution is 5.12. The fourth-order valence-electron chi connectivity index (χ4n) is 1.64. The maximum absolute atomic E-state index is 5.58. The lowest BCUT2D eigenvalue weighted by molar-refractivity contribution is 0.244. The summed E-state index contributed by atoms with van der Waals surface area (Å²) in [4.78, 5) is 6.37. The summed E-state index contributed by atoms with van der Waals surface area (Å²) in [5, 5.41) is 0. The van der Waals surface area contributed by atoms with Crippen LogP contribution in [0.25, 0.3) is 0 Å². The third kappa shape index (κ3) is 2.33. The van der Waals surface area contributed by atoms with Crippen LogP contribution in [0.1, 0.15) is 29.8 Å². The topological polar surface area (TPSA) is 55.3 Å². The van der Waals surface area contributed by atoms with Crippen molar-refractivity contribution in [1.82, 2.24) is 9.88 Å². The molecule has 0 saturated heterocycles. The van der Waals surface area contributed by atoms with Crippen LogP contribution < -0.4 is 5.73 Å². The van der Waals surface area contributed by atoms with E-state index in [1.54, 1.807) is 0 Å². The van der Waals surface area contributed by atoms with E-state index in [2.05, 4.69) is 9.88 Å². The van der Waals surface area contributed by atoms with Crippen molar-refractivity contribution in [3.63, 3.8) is 0 Å². The molecule has 0 aliphatic rings. The Kier molecular flexibility index (Phi) is 3.66. The van der Waals surface area contributed by atoms with Crippen LogP contribution in [0.5, 0.6) is 0 Å². The van der Waals surface area contributed by atoms with Crippen molar-refractivity contribution in [1.29, 1.82) is 0 Å².